The van der Waals surface area contributed by atoms with Crippen LogP contribution in [0.25, 0.3) is 12.2 Å². The van der Waals surface area contributed by atoms with Gasteiger partial charge in [-0.3, -0.25) is 19.6 Å². The van der Waals surface area contributed by atoms with Gasteiger partial charge in [0.2, 0.25) is 0 Å². The maximum atomic E-state index is 10.0. The number of hydrogen-bond acceptors (Lipinski definition) is 8. The maximum Gasteiger partial charge on any atom is 0.396 e. The lowest BCUT2D eigenvalue weighted by Gasteiger charge is -1.92. The molecule has 0 unspecified atom stereocenters. The molecule has 0 radical (unpaired) electrons. The second-order valence-corrected chi connectivity index (χ2v) is 5.04. The van der Waals surface area contributed by atoms with Crippen molar-refractivity contribution < 1.29 is 28.7 Å². The van der Waals surface area contributed by atoms with Gasteiger partial charge in [0, 0.05) is 12.4 Å². The highest BCUT2D eigenvalue weighted by atomic mass is 16.5. The molecule has 0 bridgehead atoms. The first-order chi connectivity index (χ1) is 14.3. The minimum absolute atomic E-state index is 0.182. The minimum atomic E-state index is -1.05. The molecular formula is C20H24N4O6. The lowest BCUT2D eigenvalue weighted by Crippen LogP contribution is -2.25. The minimum Gasteiger partial charge on any atom is -0.459 e. The predicted molar refractivity (Wildman–Crippen MR) is 109 cm³/mol. The van der Waals surface area contributed by atoms with E-state index in [0.717, 1.165) is 11.3 Å². The number of hydrogen-bond donors (Lipinski definition) is 2. The highest BCUT2D eigenvalue weighted by Gasteiger charge is 2.07. The molecule has 0 atom stereocenters. The van der Waals surface area contributed by atoms with E-state index < -0.39 is 23.8 Å². The highest BCUT2D eigenvalue weighted by Crippen LogP contribution is 2.04. The van der Waals surface area contributed by atoms with Gasteiger partial charge in [0.1, 0.15) is 0 Å². The van der Waals surface area contributed by atoms with E-state index in [-0.39, 0.29) is 13.2 Å². The van der Waals surface area contributed by atoms with E-state index in [1.165, 1.54) is 0 Å². The third-order valence-electron chi connectivity index (χ3n) is 2.78. The zero-order valence-corrected chi connectivity index (χ0v) is 16.7. The van der Waals surface area contributed by atoms with E-state index in [1.807, 2.05) is 42.5 Å². The van der Waals surface area contributed by atoms with Crippen molar-refractivity contribution in [1.29, 1.82) is 0 Å². The third-order valence-corrected chi connectivity index (χ3v) is 2.78. The highest BCUT2D eigenvalue weighted by molar-refractivity contribution is 6.32. The van der Waals surface area contributed by atoms with Gasteiger partial charge in [0.15, 0.2) is 0 Å². The fraction of sp³-hybridized carbons (Fsp3) is 0.200. The first kappa shape index (κ1) is 25.9. The van der Waals surface area contributed by atoms with E-state index >= 15 is 0 Å². The van der Waals surface area contributed by atoms with Crippen LogP contribution in [-0.2, 0) is 28.7 Å². The smallest absolute Gasteiger partial charge is 0.396 e. The average Bonchev–Trinajstić information content (AvgIpc) is 2.75. The number of primary amides is 2. The van der Waals surface area contributed by atoms with E-state index in [1.54, 1.807) is 32.4 Å². The Morgan fingerprint density at radius 1 is 0.867 bits per heavy atom. The van der Waals surface area contributed by atoms with Crippen LogP contribution in [0.2, 0.25) is 0 Å². The molecule has 10 nitrogen and oxygen atoms in total. The second-order valence-electron chi connectivity index (χ2n) is 5.04. The molecule has 2 aromatic rings. The van der Waals surface area contributed by atoms with Gasteiger partial charge in [-0.1, -0.05) is 36.4 Å². The quantitative estimate of drug-likeness (QED) is 0.543. The van der Waals surface area contributed by atoms with Crippen molar-refractivity contribution in [3.05, 3.63) is 60.2 Å². The lowest BCUT2D eigenvalue weighted by molar-refractivity contribution is -0.153. The number of nitrogens with zero attached hydrogens (tertiary/aromatic N) is 2. The first-order valence-corrected chi connectivity index (χ1v) is 8.74. The Labute approximate surface area is 173 Å². The van der Waals surface area contributed by atoms with Crippen LogP contribution in [-0.4, -0.2) is 46.9 Å². The molecule has 0 aliphatic heterocycles. The Morgan fingerprint density at radius 3 is 1.77 bits per heavy atom. The van der Waals surface area contributed by atoms with Gasteiger partial charge < -0.3 is 20.9 Å². The number of carbonyl (C=O) groups is 4. The molecule has 0 saturated carbocycles. The van der Waals surface area contributed by atoms with Crippen molar-refractivity contribution in [2.75, 3.05) is 13.2 Å². The number of amides is 2. The average molecular weight is 416 g/mol. The van der Waals surface area contributed by atoms with Crippen molar-refractivity contribution in [3.8, 4) is 0 Å². The van der Waals surface area contributed by atoms with E-state index in [0.29, 0.717) is 0 Å². The van der Waals surface area contributed by atoms with Gasteiger partial charge >= 0.3 is 23.8 Å². The van der Waals surface area contributed by atoms with Crippen molar-refractivity contribution in [3.63, 3.8) is 0 Å². The summed E-state index contributed by atoms with van der Waals surface area (Å²) in [5.74, 6) is -4.06. The van der Waals surface area contributed by atoms with Crippen LogP contribution >= 0.6 is 0 Å². The molecule has 30 heavy (non-hydrogen) atoms. The summed E-state index contributed by atoms with van der Waals surface area (Å²) in [6.45, 7) is 3.56. The molecule has 0 aliphatic rings. The Morgan fingerprint density at radius 2 is 1.40 bits per heavy atom. The second kappa shape index (κ2) is 15.9. The van der Waals surface area contributed by atoms with Crippen molar-refractivity contribution in [1.82, 2.24) is 9.97 Å². The number of esters is 2. The number of benzene rings is 1. The molecule has 0 fully saturated rings. The number of aromatic nitrogens is 2. The zero-order chi connectivity index (χ0) is 22.8. The Kier molecular flexibility index (Phi) is 13.8. The molecule has 0 spiro atoms. The molecule has 4 N–H and O–H groups in total. The molecule has 0 saturated heterocycles. The summed E-state index contributed by atoms with van der Waals surface area (Å²) in [7, 11) is 0. The standard InChI is InChI=1S/C12H10N2.2C4H7NO3/c1-2-4-11(5-3-1)6-7-12-10-13-8-9-14-12;2*1-2-8-4(7)3(5)6/h1-10H;2*2H2,1H3,(H2,5,6). The summed E-state index contributed by atoms with van der Waals surface area (Å²) in [4.78, 5) is 47.9. The molecule has 1 aromatic carbocycles. The molecule has 0 aliphatic carbocycles. The Bertz CT molecular complexity index is 756. The monoisotopic (exact) mass is 416 g/mol. The predicted octanol–water partition coefficient (Wildman–Crippen LogP) is 0.717. The van der Waals surface area contributed by atoms with Gasteiger partial charge in [0.05, 0.1) is 25.1 Å². The van der Waals surface area contributed by atoms with Crippen molar-refractivity contribution >= 4 is 35.9 Å². The van der Waals surface area contributed by atoms with Gasteiger partial charge in [-0.05, 0) is 25.5 Å². The zero-order valence-electron chi connectivity index (χ0n) is 16.7. The van der Waals surface area contributed by atoms with E-state index in [4.69, 9.17) is 0 Å². The molecule has 1 heterocycles. The SMILES string of the molecule is C(=Cc1cnccn1)c1ccccc1.CCOC(=O)C(N)=O.CCOC(=O)C(N)=O. The Hall–Kier alpha value is -4.08. The summed E-state index contributed by atoms with van der Waals surface area (Å²) in [6.07, 6.45) is 9.05. The summed E-state index contributed by atoms with van der Waals surface area (Å²) in [5, 5.41) is 0. The number of rotatable bonds is 4. The van der Waals surface area contributed by atoms with Crippen LogP contribution in [0.15, 0.2) is 48.9 Å². The van der Waals surface area contributed by atoms with Gasteiger partial charge in [-0.2, -0.15) is 0 Å². The molecule has 2 rings (SSSR count). The third kappa shape index (κ3) is 13.1. The maximum absolute atomic E-state index is 10.0. The summed E-state index contributed by atoms with van der Waals surface area (Å²) < 4.78 is 8.38. The van der Waals surface area contributed by atoms with Gasteiger partial charge in [-0.25, -0.2) is 9.59 Å². The van der Waals surface area contributed by atoms with Gasteiger partial charge in [0.25, 0.3) is 0 Å². The van der Waals surface area contributed by atoms with E-state index in [9.17, 15) is 19.2 Å². The van der Waals surface area contributed by atoms with Crippen LogP contribution in [0.4, 0.5) is 0 Å². The molecular weight excluding hydrogens is 392 g/mol. The van der Waals surface area contributed by atoms with Crippen LogP contribution in [0, 0.1) is 0 Å². The summed E-state index contributed by atoms with van der Waals surface area (Å²) in [6, 6.07) is 10.1. The van der Waals surface area contributed by atoms with Gasteiger partial charge in [-0.15, -0.1) is 0 Å². The number of ether oxygens (including phenoxy) is 2. The summed E-state index contributed by atoms with van der Waals surface area (Å²) in [5.41, 5.74) is 11.1. The number of carbonyl (C=O) groups excluding carboxylic acids is 4. The first-order valence-electron chi connectivity index (χ1n) is 8.74. The van der Waals surface area contributed by atoms with Crippen LogP contribution < -0.4 is 11.5 Å². The molecule has 2 amide bonds. The summed E-state index contributed by atoms with van der Waals surface area (Å²) >= 11 is 0. The fourth-order valence-electron chi connectivity index (χ4n) is 1.55. The molecule has 10 heteroatoms. The fourth-order valence-corrected chi connectivity index (χ4v) is 1.55. The van der Waals surface area contributed by atoms with Crippen molar-refractivity contribution in [2.24, 2.45) is 11.5 Å². The molecule has 160 valence electrons. The van der Waals surface area contributed by atoms with E-state index in [2.05, 4.69) is 30.9 Å². The lowest BCUT2D eigenvalue weighted by atomic mass is 10.2. The van der Waals surface area contributed by atoms with Crippen LogP contribution in [0.5, 0.6) is 0 Å². The van der Waals surface area contributed by atoms with Crippen LogP contribution in [0.1, 0.15) is 25.1 Å². The topological polar surface area (TPSA) is 165 Å². The van der Waals surface area contributed by atoms with Crippen molar-refractivity contribution in [2.45, 2.75) is 13.8 Å². The largest absolute Gasteiger partial charge is 0.459 e. The van der Waals surface area contributed by atoms with Crippen LogP contribution in [0.3, 0.4) is 0 Å². The Balaban J connectivity index is 0.000000456. The molecule has 1 aromatic heterocycles. The number of nitrogens with two attached hydrogens (primary N) is 2. The normalized spacial score (nSPS) is 9.27.